The molecule has 0 saturated heterocycles. The lowest BCUT2D eigenvalue weighted by atomic mass is 9.89. The highest BCUT2D eigenvalue weighted by Crippen LogP contribution is 2.39. The van der Waals surface area contributed by atoms with Crippen molar-refractivity contribution in [1.29, 1.82) is 0 Å². The molecule has 0 aliphatic carbocycles. The van der Waals surface area contributed by atoms with Gasteiger partial charge < -0.3 is 10.6 Å². The molecule has 0 amide bonds. The van der Waals surface area contributed by atoms with Crippen molar-refractivity contribution in [3.63, 3.8) is 0 Å². The van der Waals surface area contributed by atoms with Crippen LogP contribution in [0, 0.1) is 13.8 Å². The summed E-state index contributed by atoms with van der Waals surface area (Å²) < 4.78 is 39.8. The Balaban J connectivity index is 1.49. The molecule has 0 atom stereocenters. The zero-order valence-electron chi connectivity index (χ0n) is 19.5. The zero-order valence-corrected chi connectivity index (χ0v) is 20.4. The van der Waals surface area contributed by atoms with Crippen LogP contribution in [0.3, 0.4) is 0 Å². The molecule has 3 heterocycles. The molecule has 10 heteroatoms. The number of thiazole rings is 1. The summed E-state index contributed by atoms with van der Waals surface area (Å²) in [6.07, 6.45) is -0.160. The van der Waals surface area contributed by atoms with Crippen molar-refractivity contribution >= 4 is 23.0 Å². The predicted molar refractivity (Wildman–Crippen MR) is 129 cm³/mol. The summed E-state index contributed by atoms with van der Waals surface area (Å²) in [5.41, 5.74) is 3.31. The summed E-state index contributed by atoms with van der Waals surface area (Å²) in [7, 11) is 0. The SMILES string of the molecule is Cc1cc(NC2=NCCCN2)c(C)cc1Cc1nc(-c2cnc(C(C)(C)C(F)(F)F)cn2)cs1. The maximum Gasteiger partial charge on any atom is 0.399 e. The van der Waals surface area contributed by atoms with Crippen LogP contribution in [0.2, 0.25) is 0 Å². The van der Waals surface area contributed by atoms with Crippen LogP contribution < -0.4 is 10.6 Å². The van der Waals surface area contributed by atoms with Gasteiger partial charge in [0.05, 0.1) is 23.1 Å². The van der Waals surface area contributed by atoms with E-state index >= 15 is 0 Å². The number of aryl methyl sites for hydroxylation is 2. The highest BCUT2D eigenvalue weighted by atomic mass is 32.1. The fraction of sp³-hybridized carbons (Fsp3) is 0.417. The van der Waals surface area contributed by atoms with Gasteiger partial charge in [0.2, 0.25) is 0 Å². The van der Waals surface area contributed by atoms with Crippen molar-refractivity contribution in [3.05, 3.63) is 57.3 Å². The Kier molecular flexibility index (Phi) is 6.62. The second-order valence-electron chi connectivity index (χ2n) is 8.94. The van der Waals surface area contributed by atoms with E-state index in [4.69, 9.17) is 0 Å². The summed E-state index contributed by atoms with van der Waals surface area (Å²) in [4.78, 5) is 17.4. The molecule has 0 fully saturated rings. The number of anilines is 1. The molecule has 4 rings (SSSR count). The molecule has 180 valence electrons. The molecule has 0 saturated carbocycles. The third kappa shape index (κ3) is 5.06. The van der Waals surface area contributed by atoms with Gasteiger partial charge >= 0.3 is 6.18 Å². The van der Waals surface area contributed by atoms with Crippen molar-refractivity contribution in [2.24, 2.45) is 4.99 Å². The summed E-state index contributed by atoms with van der Waals surface area (Å²) in [5, 5.41) is 9.40. The Hall–Kier alpha value is -3.01. The normalized spacial score (nSPS) is 14.5. The van der Waals surface area contributed by atoms with E-state index in [0.717, 1.165) is 66.7 Å². The maximum absolute atomic E-state index is 13.3. The van der Waals surface area contributed by atoms with Crippen LogP contribution in [0.5, 0.6) is 0 Å². The highest BCUT2D eigenvalue weighted by molar-refractivity contribution is 7.10. The van der Waals surface area contributed by atoms with Crippen molar-refractivity contribution in [2.45, 2.75) is 52.1 Å². The molecule has 34 heavy (non-hydrogen) atoms. The number of hydrogen-bond donors (Lipinski definition) is 2. The summed E-state index contributed by atoms with van der Waals surface area (Å²) in [5.74, 6) is 0.803. The molecule has 0 bridgehead atoms. The molecule has 0 unspecified atom stereocenters. The minimum Gasteiger partial charge on any atom is -0.356 e. The molecule has 1 aliphatic heterocycles. The van der Waals surface area contributed by atoms with Crippen LogP contribution in [-0.2, 0) is 11.8 Å². The first-order chi connectivity index (χ1) is 16.0. The lowest BCUT2D eigenvalue weighted by Crippen LogP contribution is -2.37. The van der Waals surface area contributed by atoms with Crippen molar-refractivity contribution < 1.29 is 13.2 Å². The molecule has 2 N–H and O–H groups in total. The quantitative estimate of drug-likeness (QED) is 0.502. The molecule has 1 aliphatic rings. The molecular formula is C24H27F3N6S. The first-order valence-electron chi connectivity index (χ1n) is 11.0. The van der Waals surface area contributed by atoms with Gasteiger partial charge in [0, 0.05) is 30.6 Å². The molecule has 2 aromatic heterocycles. The summed E-state index contributed by atoms with van der Waals surface area (Å²) in [6, 6.07) is 4.26. The van der Waals surface area contributed by atoms with E-state index in [1.165, 1.54) is 23.7 Å². The molecule has 1 aromatic carbocycles. The van der Waals surface area contributed by atoms with Gasteiger partial charge in [0.1, 0.15) is 16.8 Å². The fourth-order valence-corrected chi connectivity index (χ4v) is 4.36. The van der Waals surface area contributed by atoms with Gasteiger partial charge in [0.15, 0.2) is 5.96 Å². The molecule has 0 spiro atoms. The number of hydrogen-bond acceptors (Lipinski definition) is 7. The topological polar surface area (TPSA) is 75.1 Å². The number of alkyl halides is 3. The van der Waals surface area contributed by atoms with Crippen LogP contribution in [-0.4, -0.2) is 40.2 Å². The summed E-state index contributed by atoms with van der Waals surface area (Å²) in [6.45, 7) is 8.06. The van der Waals surface area contributed by atoms with E-state index in [9.17, 15) is 13.2 Å². The number of nitrogens with zero attached hydrogens (tertiary/aromatic N) is 4. The Morgan fingerprint density at radius 2 is 1.85 bits per heavy atom. The lowest BCUT2D eigenvalue weighted by Gasteiger charge is -2.26. The number of benzene rings is 1. The van der Waals surface area contributed by atoms with E-state index in [2.05, 4.69) is 56.6 Å². The second kappa shape index (κ2) is 9.32. The molecule has 3 aromatic rings. The summed E-state index contributed by atoms with van der Waals surface area (Å²) >= 11 is 1.50. The lowest BCUT2D eigenvalue weighted by molar-refractivity contribution is -0.181. The number of guanidine groups is 1. The van der Waals surface area contributed by atoms with Crippen LogP contribution >= 0.6 is 11.3 Å². The Morgan fingerprint density at radius 3 is 2.50 bits per heavy atom. The van der Waals surface area contributed by atoms with Crippen LogP contribution in [0.1, 0.15) is 47.7 Å². The van der Waals surface area contributed by atoms with Crippen molar-refractivity contribution in [3.8, 4) is 11.4 Å². The van der Waals surface area contributed by atoms with Gasteiger partial charge in [-0.1, -0.05) is 6.07 Å². The van der Waals surface area contributed by atoms with Gasteiger partial charge in [-0.05, 0) is 56.9 Å². The molecule has 0 radical (unpaired) electrons. The van der Waals surface area contributed by atoms with E-state index in [0.29, 0.717) is 17.8 Å². The molecule has 6 nitrogen and oxygen atoms in total. The third-order valence-corrected chi connectivity index (χ3v) is 6.84. The maximum atomic E-state index is 13.3. The zero-order chi connectivity index (χ0) is 24.5. The number of nitrogens with one attached hydrogen (secondary N) is 2. The first kappa shape index (κ1) is 24.1. The van der Waals surface area contributed by atoms with E-state index in [-0.39, 0.29) is 5.69 Å². The van der Waals surface area contributed by atoms with Gasteiger partial charge in [-0.3, -0.25) is 15.0 Å². The fourth-order valence-electron chi connectivity index (χ4n) is 3.55. The van der Waals surface area contributed by atoms with Gasteiger partial charge in [-0.15, -0.1) is 11.3 Å². The monoisotopic (exact) mass is 488 g/mol. The van der Waals surface area contributed by atoms with E-state index < -0.39 is 11.6 Å². The highest BCUT2D eigenvalue weighted by Gasteiger charge is 2.49. The van der Waals surface area contributed by atoms with Gasteiger partial charge in [0.25, 0.3) is 0 Å². The number of rotatable bonds is 5. The average molecular weight is 489 g/mol. The minimum atomic E-state index is -4.40. The van der Waals surface area contributed by atoms with Crippen LogP contribution in [0.25, 0.3) is 11.4 Å². The number of aromatic nitrogens is 3. The van der Waals surface area contributed by atoms with E-state index in [1.54, 1.807) is 0 Å². The molecular weight excluding hydrogens is 461 g/mol. The van der Waals surface area contributed by atoms with Gasteiger partial charge in [-0.2, -0.15) is 13.2 Å². The number of halogens is 3. The van der Waals surface area contributed by atoms with E-state index in [1.807, 2.05) is 5.38 Å². The largest absolute Gasteiger partial charge is 0.399 e. The predicted octanol–water partition coefficient (Wildman–Crippen LogP) is 5.41. The Morgan fingerprint density at radius 1 is 1.06 bits per heavy atom. The Bertz CT molecular complexity index is 1200. The smallest absolute Gasteiger partial charge is 0.356 e. The minimum absolute atomic E-state index is 0.117. The third-order valence-electron chi connectivity index (χ3n) is 5.99. The van der Waals surface area contributed by atoms with Gasteiger partial charge in [-0.25, -0.2) is 4.98 Å². The van der Waals surface area contributed by atoms with Crippen molar-refractivity contribution in [1.82, 2.24) is 20.3 Å². The van der Waals surface area contributed by atoms with Crippen molar-refractivity contribution in [2.75, 3.05) is 18.4 Å². The number of aliphatic imine (C=N–C) groups is 1. The Labute approximate surface area is 200 Å². The van der Waals surface area contributed by atoms with Crippen LogP contribution in [0.15, 0.2) is 34.9 Å². The second-order valence-corrected chi connectivity index (χ2v) is 9.88. The van der Waals surface area contributed by atoms with Crippen LogP contribution in [0.4, 0.5) is 18.9 Å². The first-order valence-corrected chi connectivity index (χ1v) is 11.9. The standard InChI is InChI=1S/C24H27F3N6S/c1-14-9-17(33-22-28-6-5-7-29-22)15(2)8-16(14)10-21-32-19(13-34-21)18-11-31-20(12-30-18)23(3,4)24(25,26)27/h8-9,11-13H,5-7,10H2,1-4H3,(H2,28,29,33). The average Bonchev–Trinajstić information content (AvgIpc) is 3.26.